The summed E-state index contributed by atoms with van der Waals surface area (Å²) in [4.78, 5) is 14.7. The number of likely N-dealkylation sites (N-methyl/N-ethyl adjacent to an activating group) is 1. The fraction of sp³-hybridized carbons (Fsp3) is 0.292. The maximum absolute atomic E-state index is 14.0. The van der Waals surface area contributed by atoms with Crippen LogP contribution in [0.25, 0.3) is 17.2 Å². The Labute approximate surface area is 183 Å². The quantitative estimate of drug-likeness (QED) is 0.711. The fourth-order valence-electron chi connectivity index (χ4n) is 3.60. The maximum atomic E-state index is 14.0. The summed E-state index contributed by atoms with van der Waals surface area (Å²) in [5.74, 6) is -0.457. The zero-order chi connectivity index (χ0) is 22.8. The second-order valence-corrected chi connectivity index (χ2v) is 10.0. The number of benzene rings is 2. The molecule has 0 radical (unpaired) electrons. The van der Waals surface area contributed by atoms with Gasteiger partial charge in [-0.3, -0.25) is 4.79 Å². The van der Waals surface area contributed by atoms with E-state index < -0.39 is 9.84 Å². The normalized spacial score (nSPS) is 15.0. The number of nitrogens with zero attached hydrogens (tertiary/aromatic N) is 1. The monoisotopic (exact) mass is 442 g/mol. The average molecular weight is 443 g/mol. The van der Waals surface area contributed by atoms with Crippen molar-refractivity contribution in [3.8, 4) is 0 Å². The Morgan fingerprint density at radius 3 is 2.39 bits per heavy atom. The van der Waals surface area contributed by atoms with Crippen molar-refractivity contribution in [2.24, 2.45) is 0 Å². The van der Waals surface area contributed by atoms with Crippen LogP contribution in [-0.4, -0.2) is 52.7 Å². The van der Waals surface area contributed by atoms with Crippen LogP contribution in [-0.2, 0) is 14.6 Å². The molecule has 0 heterocycles. The Hall–Kier alpha value is -2.77. The van der Waals surface area contributed by atoms with Crippen LogP contribution in [0, 0.1) is 5.82 Å². The minimum atomic E-state index is -3.27. The van der Waals surface area contributed by atoms with Gasteiger partial charge in [0.25, 0.3) is 0 Å². The molecular weight excluding hydrogens is 415 g/mol. The van der Waals surface area contributed by atoms with Gasteiger partial charge in [0.15, 0.2) is 9.84 Å². The Morgan fingerprint density at radius 1 is 1.10 bits per heavy atom. The van der Waals surface area contributed by atoms with E-state index in [1.807, 2.05) is 32.0 Å². The molecule has 0 atom stereocenters. The summed E-state index contributed by atoms with van der Waals surface area (Å²) in [6.45, 7) is 3.21. The third-order valence-corrected chi connectivity index (χ3v) is 6.42. The molecule has 5 nitrogen and oxygen atoms in total. The molecule has 0 aliphatic heterocycles. The first kappa shape index (κ1) is 22.9. The van der Waals surface area contributed by atoms with Gasteiger partial charge in [-0.25, -0.2) is 12.8 Å². The maximum Gasteiger partial charge on any atom is 0.224 e. The Balaban J connectivity index is 1.94. The number of amides is 1. The standard InChI is InChI=1S/C24H27FN2O3S/c1-16-21(13-17-5-8-19(9-6-17)31(4,29)30)20-10-7-18(25)14-23(20)22(16)15-24(28)26-11-12-27(2)3/h5-10,13-14H,11-12,15H2,1-4H3,(H,26,28)/b21-13-. The summed E-state index contributed by atoms with van der Waals surface area (Å²) in [6, 6.07) is 11.2. The first-order valence-electron chi connectivity index (χ1n) is 10.00. The number of carbonyl (C=O) groups excluding carboxylic acids is 1. The van der Waals surface area contributed by atoms with Crippen LogP contribution in [0.3, 0.4) is 0 Å². The van der Waals surface area contributed by atoms with E-state index in [0.717, 1.165) is 40.0 Å². The summed E-state index contributed by atoms with van der Waals surface area (Å²) in [7, 11) is 0.612. The lowest BCUT2D eigenvalue weighted by molar-refractivity contribution is -0.120. The van der Waals surface area contributed by atoms with Gasteiger partial charge in [-0.2, -0.15) is 0 Å². The van der Waals surface area contributed by atoms with Crippen molar-refractivity contribution in [3.63, 3.8) is 0 Å². The molecule has 1 amide bonds. The topological polar surface area (TPSA) is 66.5 Å². The van der Waals surface area contributed by atoms with Gasteiger partial charge in [-0.1, -0.05) is 18.2 Å². The number of halogens is 1. The van der Waals surface area contributed by atoms with E-state index in [-0.39, 0.29) is 23.0 Å². The number of rotatable bonds is 7. The van der Waals surface area contributed by atoms with Gasteiger partial charge in [-0.15, -0.1) is 0 Å². The third-order valence-electron chi connectivity index (χ3n) is 5.29. The fourth-order valence-corrected chi connectivity index (χ4v) is 4.23. The van der Waals surface area contributed by atoms with E-state index in [1.165, 1.54) is 18.4 Å². The van der Waals surface area contributed by atoms with Crippen molar-refractivity contribution >= 4 is 33.0 Å². The molecule has 1 N–H and O–H groups in total. The molecule has 164 valence electrons. The second-order valence-electron chi connectivity index (χ2n) is 8.02. The van der Waals surface area contributed by atoms with Crippen LogP contribution in [0.2, 0.25) is 0 Å². The summed E-state index contributed by atoms with van der Waals surface area (Å²) in [5, 5.41) is 2.91. The first-order valence-corrected chi connectivity index (χ1v) is 11.9. The SMILES string of the molecule is CC1=C(CC(=O)NCCN(C)C)c2cc(F)ccc2/C1=C\c1ccc(S(C)(=O)=O)cc1. The predicted molar refractivity (Wildman–Crippen MR) is 123 cm³/mol. The van der Waals surface area contributed by atoms with E-state index in [2.05, 4.69) is 5.32 Å². The van der Waals surface area contributed by atoms with Crippen LogP contribution in [0.5, 0.6) is 0 Å². The highest BCUT2D eigenvalue weighted by atomic mass is 32.2. The van der Waals surface area contributed by atoms with Crippen molar-refractivity contribution in [1.82, 2.24) is 10.2 Å². The van der Waals surface area contributed by atoms with Crippen LogP contribution in [0.15, 0.2) is 52.9 Å². The van der Waals surface area contributed by atoms with Crippen molar-refractivity contribution in [2.75, 3.05) is 33.4 Å². The van der Waals surface area contributed by atoms with Gasteiger partial charge in [-0.05, 0) is 84.8 Å². The third kappa shape index (κ3) is 5.48. The highest BCUT2D eigenvalue weighted by Crippen LogP contribution is 2.43. The van der Waals surface area contributed by atoms with Gasteiger partial charge in [0.05, 0.1) is 11.3 Å². The highest BCUT2D eigenvalue weighted by Gasteiger charge is 2.25. The molecule has 0 saturated heterocycles. The smallest absolute Gasteiger partial charge is 0.224 e. The van der Waals surface area contributed by atoms with E-state index in [1.54, 1.807) is 30.3 Å². The van der Waals surface area contributed by atoms with E-state index in [4.69, 9.17) is 0 Å². The lowest BCUT2D eigenvalue weighted by Gasteiger charge is -2.11. The number of fused-ring (bicyclic) bond motifs is 1. The minimum absolute atomic E-state index is 0.106. The van der Waals surface area contributed by atoms with Crippen LogP contribution in [0.4, 0.5) is 4.39 Å². The largest absolute Gasteiger partial charge is 0.355 e. The number of carbonyl (C=O) groups is 1. The molecule has 1 aliphatic rings. The minimum Gasteiger partial charge on any atom is -0.355 e. The molecule has 0 fully saturated rings. The van der Waals surface area contributed by atoms with Crippen LogP contribution < -0.4 is 5.32 Å². The molecule has 0 unspecified atom stereocenters. The van der Waals surface area contributed by atoms with Gasteiger partial charge in [0.1, 0.15) is 5.82 Å². The molecule has 2 aromatic carbocycles. The summed E-state index contributed by atoms with van der Waals surface area (Å²) < 4.78 is 37.4. The molecule has 0 aromatic heterocycles. The second kappa shape index (κ2) is 9.16. The highest BCUT2D eigenvalue weighted by molar-refractivity contribution is 7.90. The Kier molecular flexibility index (Phi) is 6.77. The van der Waals surface area contributed by atoms with Gasteiger partial charge < -0.3 is 10.2 Å². The first-order chi connectivity index (χ1) is 14.6. The van der Waals surface area contributed by atoms with Crippen LogP contribution >= 0.6 is 0 Å². The Morgan fingerprint density at radius 2 is 1.77 bits per heavy atom. The summed E-state index contributed by atoms with van der Waals surface area (Å²) in [5.41, 5.74) is 5.03. The molecular formula is C24H27FN2O3S. The van der Waals surface area contributed by atoms with Gasteiger partial charge in [0, 0.05) is 19.3 Å². The number of nitrogens with one attached hydrogen (secondary N) is 1. The zero-order valence-electron chi connectivity index (χ0n) is 18.2. The molecule has 0 bridgehead atoms. The molecule has 1 aliphatic carbocycles. The lowest BCUT2D eigenvalue weighted by Crippen LogP contribution is -2.31. The van der Waals surface area contributed by atoms with Gasteiger partial charge in [0.2, 0.25) is 5.91 Å². The number of allylic oxidation sites excluding steroid dienone is 2. The zero-order valence-corrected chi connectivity index (χ0v) is 19.0. The summed E-state index contributed by atoms with van der Waals surface area (Å²) >= 11 is 0. The Bertz CT molecular complexity index is 1160. The molecule has 0 saturated carbocycles. The van der Waals surface area contributed by atoms with E-state index in [9.17, 15) is 17.6 Å². The molecule has 0 spiro atoms. The molecule has 7 heteroatoms. The van der Waals surface area contributed by atoms with Crippen molar-refractivity contribution < 1.29 is 17.6 Å². The van der Waals surface area contributed by atoms with Crippen LogP contribution in [0.1, 0.15) is 30.0 Å². The number of hydrogen-bond acceptors (Lipinski definition) is 4. The number of sulfone groups is 1. The van der Waals surface area contributed by atoms with E-state index in [0.29, 0.717) is 6.54 Å². The van der Waals surface area contributed by atoms with Crippen molar-refractivity contribution in [3.05, 3.63) is 70.5 Å². The van der Waals surface area contributed by atoms with Crippen molar-refractivity contribution in [1.29, 1.82) is 0 Å². The summed E-state index contributed by atoms with van der Waals surface area (Å²) in [6.07, 6.45) is 3.28. The average Bonchev–Trinajstić information content (AvgIpc) is 2.92. The molecule has 31 heavy (non-hydrogen) atoms. The van der Waals surface area contributed by atoms with E-state index >= 15 is 0 Å². The predicted octanol–water partition coefficient (Wildman–Crippen LogP) is 3.62. The molecule has 2 aromatic rings. The van der Waals surface area contributed by atoms with Crippen molar-refractivity contribution in [2.45, 2.75) is 18.2 Å². The molecule has 3 rings (SSSR count). The lowest BCUT2D eigenvalue weighted by atomic mass is 10.0. The number of hydrogen-bond donors (Lipinski definition) is 1. The van der Waals surface area contributed by atoms with Gasteiger partial charge >= 0.3 is 0 Å².